The number of carboxylic acids is 1. The minimum Gasteiger partial charge on any atom is -0.476 e. The van der Waals surface area contributed by atoms with Crippen LogP contribution in [0.4, 0.5) is 0 Å². The van der Waals surface area contributed by atoms with E-state index in [0.29, 0.717) is 11.6 Å². The van der Waals surface area contributed by atoms with E-state index >= 15 is 0 Å². The Kier molecular flexibility index (Phi) is 3.22. The molecule has 0 fully saturated rings. The van der Waals surface area contributed by atoms with Gasteiger partial charge in [-0.3, -0.25) is 0 Å². The SMILES string of the molecule is Cc1nc(C)c(-c2c(C(=O)O)nnn2Cc2ncno2)s1. The third kappa shape index (κ3) is 2.40. The number of thiazole rings is 1. The Hall–Kier alpha value is -2.62. The second-order valence-electron chi connectivity index (χ2n) is 4.23. The molecule has 3 heterocycles. The number of aryl methyl sites for hydroxylation is 2. The summed E-state index contributed by atoms with van der Waals surface area (Å²) in [6.45, 7) is 3.81. The molecule has 3 rings (SSSR count). The number of aromatic carboxylic acids is 1. The van der Waals surface area contributed by atoms with Gasteiger partial charge >= 0.3 is 5.97 Å². The molecule has 0 aliphatic rings. The molecule has 0 atom stereocenters. The van der Waals surface area contributed by atoms with Gasteiger partial charge in [-0.05, 0) is 13.8 Å². The molecule has 0 aromatic carbocycles. The van der Waals surface area contributed by atoms with Crippen LogP contribution in [0.25, 0.3) is 10.6 Å². The normalized spacial score (nSPS) is 11.0. The summed E-state index contributed by atoms with van der Waals surface area (Å²) in [4.78, 5) is 20.3. The van der Waals surface area contributed by atoms with Crippen LogP contribution < -0.4 is 0 Å². The standard InChI is InChI=1S/C11H10N6O3S/c1-5-10(21-6(2)14-5)9-8(11(18)19)15-16-17(9)3-7-12-4-13-20-7/h4H,3H2,1-2H3,(H,18,19). The van der Waals surface area contributed by atoms with Gasteiger partial charge in [-0.15, -0.1) is 16.4 Å². The third-order valence-corrected chi connectivity index (χ3v) is 3.83. The van der Waals surface area contributed by atoms with E-state index in [2.05, 4.69) is 25.4 Å². The summed E-state index contributed by atoms with van der Waals surface area (Å²) in [5, 5.41) is 21.2. The van der Waals surface area contributed by atoms with E-state index in [0.717, 1.165) is 15.6 Å². The van der Waals surface area contributed by atoms with Crippen LogP contribution in [0.5, 0.6) is 0 Å². The van der Waals surface area contributed by atoms with E-state index in [1.165, 1.54) is 22.3 Å². The number of hydrogen-bond donors (Lipinski definition) is 1. The van der Waals surface area contributed by atoms with Gasteiger partial charge in [0, 0.05) is 0 Å². The maximum absolute atomic E-state index is 11.3. The van der Waals surface area contributed by atoms with Crippen LogP contribution in [0, 0.1) is 13.8 Å². The highest BCUT2D eigenvalue weighted by Crippen LogP contribution is 2.31. The number of hydrogen-bond acceptors (Lipinski definition) is 8. The zero-order valence-electron chi connectivity index (χ0n) is 11.1. The number of rotatable bonds is 4. The summed E-state index contributed by atoms with van der Waals surface area (Å²) in [5.74, 6) is -0.829. The highest BCUT2D eigenvalue weighted by Gasteiger charge is 2.24. The predicted molar refractivity (Wildman–Crippen MR) is 71.0 cm³/mol. The van der Waals surface area contributed by atoms with Gasteiger partial charge in [0.05, 0.1) is 15.6 Å². The molecular formula is C11H10N6O3S. The average molecular weight is 306 g/mol. The van der Waals surface area contributed by atoms with Crippen molar-refractivity contribution in [3.05, 3.63) is 28.6 Å². The number of carboxylic acid groups (broad SMARTS) is 1. The molecule has 1 N–H and O–H groups in total. The van der Waals surface area contributed by atoms with Crippen molar-refractivity contribution in [1.82, 2.24) is 30.1 Å². The van der Waals surface area contributed by atoms with E-state index in [9.17, 15) is 9.90 Å². The molecule has 3 aromatic rings. The van der Waals surface area contributed by atoms with Gasteiger partial charge in [-0.25, -0.2) is 14.5 Å². The van der Waals surface area contributed by atoms with Gasteiger partial charge in [0.15, 0.2) is 12.0 Å². The number of aromatic nitrogens is 6. The molecule has 108 valence electrons. The summed E-state index contributed by atoms with van der Waals surface area (Å²) >= 11 is 1.39. The lowest BCUT2D eigenvalue weighted by Gasteiger charge is -2.03. The molecule has 0 unspecified atom stereocenters. The molecule has 21 heavy (non-hydrogen) atoms. The van der Waals surface area contributed by atoms with Crippen molar-refractivity contribution < 1.29 is 14.4 Å². The first kappa shape index (κ1) is 13.4. The Balaban J connectivity index is 2.13. The van der Waals surface area contributed by atoms with Crippen LogP contribution >= 0.6 is 11.3 Å². The number of carbonyl (C=O) groups is 1. The van der Waals surface area contributed by atoms with Crippen molar-refractivity contribution in [2.24, 2.45) is 0 Å². The fraction of sp³-hybridized carbons (Fsp3) is 0.273. The molecule has 0 aliphatic carbocycles. The van der Waals surface area contributed by atoms with Crippen LogP contribution in [0.3, 0.4) is 0 Å². The first-order valence-corrected chi connectivity index (χ1v) is 6.74. The topological polar surface area (TPSA) is 120 Å². The fourth-order valence-corrected chi connectivity index (χ4v) is 2.91. The lowest BCUT2D eigenvalue weighted by molar-refractivity contribution is 0.0691. The maximum Gasteiger partial charge on any atom is 0.358 e. The molecule has 0 amide bonds. The van der Waals surface area contributed by atoms with Crippen molar-refractivity contribution in [2.45, 2.75) is 20.4 Å². The van der Waals surface area contributed by atoms with Crippen molar-refractivity contribution in [2.75, 3.05) is 0 Å². The summed E-state index contributed by atoms with van der Waals surface area (Å²) in [6.07, 6.45) is 1.27. The van der Waals surface area contributed by atoms with Gasteiger partial charge in [0.25, 0.3) is 0 Å². The predicted octanol–water partition coefficient (Wildman–Crippen LogP) is 1.15. The summed E-state index contributed by atoms with van der Waals surface area (Å²) in [6, 6.07) is 0. The molecule has 3 aromatic heterocycles. The van der Waals surface area contributed by atoms with E-state index in [4.69, 9.17) is 4.52 Å². The highest BCUT2D eigenvalue weighted by atomic mass is 32.1. The van der Waals surface area contributed by atoms with Gasteiger partial charge < -0.3 is 9.63 Å². The second-order valence-corrected chi connectivity index (χ2v) is 5.44. The zero-order valence-corrected chi connectivity index (χ0v) is 12.0. The van der Waals surface area contributed by atoms with E-state index in [1.807, 2.05) is 13.8 Å². The largest absolute Gasteiger partial charge is 0.476 e. The first-order valence-electron chi connectivity index (χ1n) is 5.93. The highest BCUT2D eigenvalue weighted by molar-refractivity contribution is 7.15. The van der Waals surface area contributed by atoms with E-state index < -0.39 is 5.97 Å². The summed E-state index contributed by atoms with van der Waals surface area (Å²) < 4.78 is 6.35. The minimum absolute atomic E-state index is 0.124. The van der Waals surface area contributed by atoms with Gasteiger partial charge in [-0.1, -0.05) is 10.4 Å². The Morgan fingerprint density at radius 2 is 2.29 bits per heavy atom. The van der Waals surface area contributed by atoms with E-state index in [-0.39, 0.29) is 12.2 Å². The molecule has 0 spiro atoms. The van der Waals surface area contributed by atoms with Crippen LogP contribution in [-0.2, 0) is 6.54 Å². The lowest BCUT2D eigenvalue weighted by Crippen LogP contribution is -2.06. The molecule has 0 saturated heterocycles. The Labute approximate surface area is 122 Å². The van der Waals surface area contributed by atoms with Crippen molar-refractivity contribution >= 4 is 17.3 Å². The van der Waals surface area contributed by atoms with Gasteiger partial charge in [0.2, 0.25) is 5.89 Å². The fourth-order valence-electron chi connectivity index (χ4n) is 1.94. The quantitative estimate of drug-likeness (QED) is 0.762. The molecular weight excluding hydrogens is 296 g/mol. The van der Waals surface area contributed by atoms with Crippen LogP contribution in [0.2, 0.25) is 0 Å². The smallest absolute Gasteiger partial charge is 0.358 e. The summed E-state index contributed by atoms with van der Waals surface area (Å²) in [7, 11) is 0. The van der Waals surface area contributed by atoms with Crippen LogP contribution in [-0.4, -0.2) is 41.2 Å². The van der Waals surface area contributed by atoms with Gasteiger partial charge in [0.1, 0.15) is 12.2 Å². The van der Waals surface area contributed by atoms with Crippen molar-refractivity contribution in [3.8, 4) is 10.6 Å². The van der Waals surface area contributed by atoms with Crippen LogP contribution in [0.1, 0.15) is 27.1 Å². The average Bonchev–Trinajstić information content (AvgIpc) is 3.11. The summed E-state index contributed by atoms with van der Waals surface area (Å²) in [5.41, 5.74) is 0.999. The molecule has 0 bridgehead atoms. The number of nitrogens with zero attached hydrogens (tertiary/aromatic N) is 6. The Morgan fingerprint density at radius 3 is 2.86 bits per heavy atom. The molecule has 0 saturated carbocycles. The van der Waals surface area contributed by atoms with Crippen LogP contribution in [0.15, 0.2) is 10.9 Å². The molecule has 0 aliphatic heterocycles. The first-order chi connectivity index (χ1) is 10.1. The zero-order chi connectivity index (χ0) is 15.0. The van der Waals surface area contributed by atoms with Crippen molar-refractivity contribution in [3.63, 3.8) is 0 Å². The van der Waals surface area contributed by atoms with E-state index in [1.54, 1.807) is 0 Å². The third-order valence-electron chi connectivity index (χ3n) is 2.75. The Morgan fingerprint density at radius 1 is 1.48 bits per heavy atom. The van der Waals surface area contributed by atoms with Crippen molar-refractivity contribution in [1.29, 1.82) is 0 Å². The Bertz CT molecular complexity index is 791. The molecule has 0 radical (unpaired) electrons. The van der Waals surface area contributed by atoms with Gasteiger partial charge in [-0.2, -0.15) is 4.98 Å². The molecule has 9 nitrogen and oxygen atoms in total. The monoisotopic (exact) mass is 306 g/mol. The lowest BCUT2D eigenvalue weighted by atomic mass is 10.2. The second kappa shape index (κ2) is 5.05. The molecule has 10 heteroatoms. The maximum atomic E-state index is 11.3. The minimum atomic E-state index is -1.15.